The van der Waals surface area contributed by atoms with E-state index in [0.717, 1.165) is 16.1 Å². The van der Waals surface area contributed by atoms with Crippen molar-refractivity contribution in [2.45, 2.75) is 6.92 Å². The fourth-order valence-corrected chi connectivity index (χ4v) is 2.70. The number of carbonyl (C=O) groups is 1. The van der Waals surface area contributed by atoms with Gasteiger partial charge >= 0.3 is 5.69 Å². The van der Waals surface area contributed by atoms with Crippen molar-refractivity contribution in [1.29, 1.82) is 0 Å². The molecule has 0 aliphatic heterocycles. The standard InChI is InChI=1S/C16H12BrCl2N3O4/c1-9(10-2-4-11(17)5-3-10)20-21-15(23)8-26-16-13(19)6-12(18)7-14(16)22(24)25/h2-7H,8H2,1H3,(H,21,23). The molecule has 26 heavy (non-hydrogen) atoms. The van der Waals surface area contributed by atoms with Crippen LogP contribution in [0.4, 0.5) is 5.69 Å². The highest BCUT2D eigenvalue weighted by Crippen LogP contribution is 2.37. The summed E-state index contributed by atoms with van der Waals surface area (Å²) >= 11 is 15.0. The molecule has 0 aromatic heterocycles. The molecule has 0 fully saturated rings. The second kappa shape index (κ2) is 8.98. The number of nitrogens with one attached hydrogen (secondary N) is 1. The Bertz CT molecular complexity index is 873. The zero-order valence-corrected chi connectivity index (χ0v) is 16.4. The monoisotopic (exact) mass is 459 g/mol. The van der Waals surface area contributed by atoms with Crippen LogP contribution >= 0.6 is 39.1 Å². The van der Waals surface area contributed by atoms with E-state index in [1.165, 1.54) is 6.07 Å². The zero-order valence-electron chi connectivity index (χ0n) is 13.3. The summed E-state index contributed by atoms with van der Waals surface area (Å²) < 4.78 is 6.10. The van der Waals surface area contributed by atoms with Crippen LogP contribution < -0.4 is 10.2 Å². The van der Waals surface area contributed by atoms with Gasteiger partial charge in [-0.05, 0) is 30.7 Å². The maximum atomic E-state index is 11.9. The predicted molar refractivity (Wildman–Crippen MR) is 103 cm³/mol. The topological polar surface area (TPSA) is 93.8 Å². The third-order valence-electron chi connectivity index (χ3n) is 3.14. The number of amides is 1. The Labute approximate surface area is 167 Å². The van der Waals surface area contributed by atoms with E-state index in [2.05, 4.69) is 26.5 Å². The second-order valence-corrected chi connectivity index (χ2v) is 6.78. The highest BCUT2D eigenvalue weighted by Gasteiger charge is 2.21. The molecule has 0 bridgehead atoms. The van der Waals surface area contributed by atoms with Gasteiger partial charge in [-0.25, -0.2) is 5.43 Å². The number of halogens is 3. The minimum Gasteiger partial charge on any atom is -0.476 e. The fourth-order valence-electron chi connectivity index (χ4n) is 1.90. The molecule has 0 heterocycles. The van der Waals surface area contributed by atoms with Crippen molar-refractivity contribution in [3.8, 4) is 5.75 Å². The molecule has 0 spiro atoms. The van der Waals surface area contributed by atoms with Crippen molar-refractivity contribution in [2.24, 2.45) is 5.10 Å². The fraction of sp³-hybridized carbons (Fsp3) is 0.125. The highest BCUT2D eigenvalue weighted by molar-refractivity contribution is 9.10. The minimum atomic E-state index is -0.694. The Kier molecular flexibility index (Phi) is 6.96. The van der Waals surface area contributed by atoms with Crippen LogP contribution in [-0.4, -0.2) is 23.1 Å². The first-order valence-electron chi connectivity index (χ1n) is 7.13. The van der Waals surface area contributed by atoms with E-state index < -0.39 is 23.1 Å². The van der Waals surface area contributed by atoms with Crippen molar-refractivity contribution in [3.05, 3.63) is 66.6 Å². The molecule has 2 aromatic carbocycles. The lowest BCUT2D eigenvalue weighted by Gasteiger charge is -2.08. The number of ether oxygens (including phenoxy) is 1. The Balaban J connectivity index is 2.02. The molecule has 1 N–H and O–H groups in total. The third-order valence-corrected chi connectivity index (χ3v) is 4.17. The van der Waals surface area contributed by atoms with E-state index in [9.17, 15) is 14.9 Å². The molecule has 0 aliphatic carbocycles. The van der Waals surface area contributed by atoms with Crippen LogP contribution in [0.5, 0.6) is 5.75 Å². The number of hydrogen-bond acceptors (Lipinski definition) is 5. The first-order valence-corrected chi connectivity index (χ1v) is 8.68. The molecule has 2 aromatic rings. The van der Waals surface area contributed by atoms with Gasteiger partial charge in [-0.1, -0.05) is 51.3 Å². The number of carbonyl (C=O) groups excluding carboxylic acids is 1. The van der Waals surface area contributed by atoms with E-state index in [1.54, 1.807) is 6.92 Å². The number of nitro groups is 1. The van der Waals surface area contributed by atoms with Crippen molar-refractivity contribution >= 4 is 56.4 Å². The summed E-state index contributed by atoms with van der Waals surface area (Å²) in [5.41, 5.74) is 3.30. The molecule has 1 amide bonds. The average molecular weight is 461 g/mol. The molecular formula is C16H12BrCl2N3O4. The number of benzene rings is 2. The Hall–Kier alpha value is -2.16. The van der Waals surface area contributed by atoms with Gasteiger partial charge in [0.25, 0.3) is 5.91 Å². The average Bonchev–Trinajstić information content (AvgIpc) is 2.58. The van der Waals surface area contributed by atoms with Gasteiger partial charge in [-0.2, -0.15) is 5.10 Å². The Morgan fingerprint density at radius 3 is 2.58 bits per heavy atom. The summed E-state index contributed by atoms with van der Waals surface area (Å²) in [6, 6.07) is 9.75. The molecule has 136 valence electrons. The maximum absolute atomic E-state index is 11.9. The van der Waals surface area contributed by atoms with Gasteiger partial charge in [0.2, 0.25) is 5.75 Å². The van der Waals surface area contributed by atoms with E-state index in [1.807, 2.05) is 24.3 Å². The summed E-state index contributed by atoms with van der Waals surface area (Å²) in [5.74, 6) is -0.827. The number of hydrogen-bond donors (Lipinski definition) is 1. The van der Waals surface area contributed by atoms with Crippen molar-refractivity contribution < 1.29 is 14.5 Å². The summed E-state index contributed by atoms with van der Waals surface area (Å²) in [5, 5.41) is 15.0. The van der Waals surface area contributed by atoms with Gasteiger partial charge in [0, 0.05) is 15.6 Å². The quantitative estimate of drug-likeness (QED) is 0.387. The van der Waals surface area contributed by atoms with E-state index in [-0.39, 0.29) is 15.8 Å². The number of rotatable bonds is 6. The van der Waals surface area contributed by atoms with Crippen LogP contribution in [0.1, 0.15) is 12.5 Å². The molecule has 2 rings (SSSR count). The molecule has 0 unspecified atom stereocenters. The second-order valence-electron chi connectivity index (χ2n) is 5.02. The lowest BCUT2D eigenvalue weighted by Crippen LogP contribution is -2.25. The van der Waals surface area contributed by atoms with Crippen LogP contribution in [0.3, 0.4) is 0 Å². The van der Waals surface area contributed by atoms with Crippen molar-refractivity contribution in [2.75, 3.05) is 6.61 Å². The minimum absolute atomic E-state index is 0.0634. The molecule has 7 nitrogen and oxygen atoms in total. The van der Waals surface area contributed by atoms with E-state index in [4.69, 9.17) is 27.9 Å². The largest absolute Gasteiger partial charge is 0.476 e. The first kappa shape index (κ1) is 20.2. The number of hydrazone groups is 1. The number of nitro benzene ring substituents is 1. The zero-order chi connectivity index (χ0) is 19.3. The van der Waals surface area contributed by atoms with Crippen LogP contribution in [0, 0.1) is 10.1 Å². The summed E-state index contributed by atoms with van der Waals surface area (Å²) in [6.45, 7) is 1.23. The normalized spacial score (nSPS) is 11.2. The van der Waals surface area contributed by atoms with E-state index >= 15 is 0 Å². The van der Waals surface area contributed by atoms with Crippen LogP contribution in [0.25, 0.3) is 0 Å². The lowest BCUT2D eigenvalue weighted by molar-refractivity contribution is -0.385. The molecular weight excluding hydrogens is 449 g/mol. The van der Waals surface area contributed by atoms with Crippen LogP contribution in [-0.2, 0) is 4.79 Å². The summed E-state index contributed by atoms with van der Waals surface area (Å²) in [6.07, 6.45) is 0. The Morgan fingerprint density at radius 1 is 1.31 bits per heavy atom. The highest BCUT2D eigenvalue weighted by atomic mass is 79.9. The van der Waals surface area contributed by atoms with Gasteiger partial charge in [0.15, 0.2) is 6.61 Å². The maximum Gasteiger partial charge on any atom is 0.314 e. The first-order chi connectivity index (χ1) is 12.3. The lowest BCUT2D eigenvalue weighted by atomic mass is 10.1. The van der Waals surface area contributed by atoms with Gasteiger partial charge in [0.1, 0.15) is 0 Å². The van der Waals surface area contributed by atoms with Gasteiger partial charge in [-0.15, -0.1) is 0 Å². The molecule has 0 radical (unpaired) electrons. The smallest absolute Gasteiger partial charge is 0.314 e. The molecule has 0 saturated heterocycles. The SMILES string of the molecule is CC(=NNC(=O)COc1c(Cl)cc(Cl)cc1[N+](=O)[O-])c1ccc(Br)cc1. The van der Waals surface area contributed by atoms with E-state index in [0.29, 0.717) is 5.71 Å². The molecule has 0 aliphatic rings. The van der Waals surface area contributed by atoms with Crippen LogP contribution in [0.15, 0.2) is 46.0 Å². The number of nitrogens with zero attached hydrogens (tertiary/aromatic N) is 2. The molecule has 0 atom stereocenters. The van der Waals surface area contributed by atoms with Crippen LogP contribution in [0.2, 0.25) is 10.0 Å². The van der Waals surface area contributed by atoms with Crippen molar-refractivity contribution in [3.63, 3.8) is 0 Å². The van der Waals surface area contributed by atoms with Gasteiger partial charge in [0.05, 0.1) is 15.7 Å². The van der Waals surface area contributed by atoms with Crippen molar-refractivity contribution in [1.82, 2.24) is 5.43 Å². The molecule has 10 heteroatoms. The summed E-state index contributed by atoms with van der Waals surface area (Å²) in [4.78, 5) is 22.2. The summed E-state index contributed by atoms with van der Waals surface area (Å²) in [7, 11) is 0. The van der Waals surface area contributed by atoms with Gasteiger partial charge in [-0.3, -0.25) is 14.9 Å². The predicted octanol–water partition coefficient (Wildman–Crippen LogP) is 4.58. The Morgan fingerprint density at radius 2 is 1.96 bits per heavy atom. The molecule has 0 saturated carbocycles. The van der Waals surface area contributed by atoms with Gasteiger partial charge < -0.3 is 4.74 Å². The third kappa shape index (κ3) is 5.42.